The van der Waals surface area contributed by atoms with Gasteiger partial charge in [-0.25, -0.2) is 0 Å². The Hall–Kier alpha value is -1.25. The van der Waals surface area contributed by atoms with Gasteiger partial charge in [-0.2, -0.15) is 0 Å². The Balaban J connectivity index is 3.64. The number of hydrogen-bond acceptors (Lipinski definition) is 1. The van der Waals surface area contributed by atoms with Crippen LogP contribution in [0.25, 0.3) is 0 Å². The van der Waals surface area contributed by atoms with Crippen molar-refractivity contribution in [2.75, 3.05) is 0 Å². The molecule has 4 N–H and O–H groups in total. The topological polar surface area (TPSA) is 61.9 Å². The zero-order valence-electron chi connectivity index (χ0n) is 6.15. The zero-order valence-corrected chi connectivity index (χ0v) is 6.15. The van der Waals surface area contributed by atoms with Gasteiger partial charge in [0.1, 0.15) is 0 Å². The first kappa shape index (κ1) is 8.75. The van der Waals surface area contributed by atoms with Gasteiger partial charge in [-0.1, -0.05) is 19.6 Å². The Bertz CT molecular complexity index is 158. The van der Waals surface area contributed by atoms with Crippen molar-refractivity contribution in [1.82, 2.24) is 5.32 Å². The van der Waals surface area contributed by atoms with E-state index in [0.717, 1.165) is 6.42 Å². The van der Waals surface area contributed by atoms with E-state index in [-0.39, 0.29) is 5.96 Å². The fourth-order valence-electron chi connectivity index (χ4n) is 0.475. The summed E-state index contributed by atoms with van der Waals surface area (Å²) in [6.45, 7) is 5.64. The first-order valence-corrected chi connectivity index (χ1v) is 3.13. The second-order valence-corrected chi connectivity index (χ2v) is 1.87. The molecule has 0 radical (unpaired) electrons. The largest absolute Gasteiger partial charge is 0.370 e. The van der Waals surface area contributed by atoms with Gasteiger partial charge in [-0.15, -0.1) is 0 Å². The van der Waals surface area contributed by atoms with E-state index in [9.17, 15) is 0 Å². The van der Waals surface area contributed by atoms with Gasteiger partial charge in [-0.3, -0.25) is 5.41 Å². The van der Waals surface area contributed by atoms with E-state index in [0.29, 0.717) is 5.70 Å². The third-order valence-electron chi connectivity index (χ3n) is 0.850. The van der Waals surface area contributed by atoms with Crippen molar-refractivity contribution in [1.29, 1.82) is 5.41 Å². The van der Waals surface area contributed by atoms with Gasteiger partial charge >= 0.3 is 0 Å². The van der Waals surface area contributed by atoms with Crippen LogP contribution in [0.4, 0.5) is 0 Å². The van der Waals surface area contributed by atoms with Crippen molar-refractivity contribution < 1.29 is 0 Å². The predicted octanol–water partition coefficient (Wildman–Crippen LogP) is 0.949. The van der Waals surface area contributed by atoms with Crippen LogP contribution in [-0.2, 0) is 0 Å². The van der Waals surface area contributed by atoms with Crippen LogP contribution in [0.5, 0.6) is 0 Å². The minimum absolute atomic E-state index is 0.0780. The van der Waals surface area contributed by atoms with E-state index in [1.165, 1.54) is 0 Å². The third kappa shape index (κ3) is 4.90. The Labute approximate surface area is 61.1 Å². The number of rotatable bonds is 3. The highest BCUT2D eigenvalue weighted by molar-refractivity contribution is 5.76. The Morgan fingerprint density at radius 2 is 2.40 bits per heavy atom. The summed E-state index contributed by atoms with van der Waals surface area (Å²) < 4.78 is 0. The number of nitrogens with one attached hydrogen (secondary N) is 2. The maximum absolute atomic E-state index is 6.83. The molecule has 0 atom stereocenters. The maximum atomic E-state index is 6.83. The van der Waals surface area contributed by atoms with E-state index in [4.69, 9.17) is 11.1 Å². The molecule has 0 aliphatic rings. The SMILES string of the molecule is C=C(/C=C\CC)NC(=N)N. The molecule has 0 rings (SSSR count). The normalized spacial score (nSPS) is 9.70. The molecule has 56 valence electrons. The van der Waals surface area contributed by atoms with Gasteiger partial charge in [0.15, 0.2) is 5.96 Å². The predicted molar refractivity (Wildman–Crippen MR) is 43.6 cm³/mol. The summed E-state index contributed by atoms with van der Waals surface area (Å²) in [5.41, 5.74) is 5.69. The monoisotopic (exact) mass is 139 g/mol. The lowest BCUT2D eigenvalue weighted by molar-refractivity contribution is 1.12. The lowest BCUT2D eigenvalue weighted by Crippen LogP contribution is -2.28. The summed E-state index contributed by atoms with van der Waals surface area (Å²) in [5.74, 6) is -0.0780. The van der Waals surface area contributed by atoms with Crippen LogP contribution in [0.3, 0.4) is 0 Å². The third-order valence-corrected chi connectivity index (χ3v) is 0.850. The van der Waals surface area contributed by atoms with Crippen molar-refractivity contribution in [3.8, 4) is 0 Å². The fourth-order valence-corrected chi connectivity index (χ4v) is 0.475. The fraction of sp³-hybridized carbons (Fsp3) is 0.286. The first-order chi connectivity index (χ1) is 4.66. The molecule has 0 aromatic rings. The van der Waals surface area contributed by atoms with E-state index >= 15 is 0 Å². The molecule has 0 aromatic heterocycles. The number of nitrogens with two attached hydrogens (primary N) is 1. The van der Waals surface area contributed by atoms with Crippen molar-refractivity contribution in [3.05, 3.63) is 24.4 Å². The Morgan fingerprint density at radius 1 is 1.80 bits per heavy atom. The smallest absolute Gasteiger partial charge is 0.190 e. The summed E-state index contributed by atoms with van der Waals surface area (Å²) in [6.07, 6.45) is 4.69. The Morgan fingerprint density at radius 3 is 2.80 bits per heavy atom. The molecule has 0 amide bonds. The van der Waals surface area contributed by atoms with Crippen LogP contribution in [0.1, 0.15) is 13.3 Å². The van der Waals surface area contributed by atoms with E-state index in [2.05, 4.69) is 11.9 Å². The molecule has 0 saturated heterocycles. The minimum atomic E-state index is -0.0780. The highest BCUT2D eigenvalue weighted by Crippen LogP contribution is 1.87. The summed E-state index contributed by atoms with van der Waals surface area (Å²) in [6, 6.07) is 0. The van der Waals surface area contributed by atoms with Crippen LogP contribution in [0, 0.1) is 5.41 Å². The second kappa shape index (κ2) is 4.61. The highest BCUT2D eigenvalue weighted by atomic mass is 15.0. The summed E-state index contributed by atoms with van der Waals surface area (Å²) in [4.78, 5) is 0. The molecule has 10 heavy (non-hydrogen) atoms. The van der Waals surface area contributed by atoms with E-state index < -0.39 is 0 Å². The summed E-state index contributed by atoms with van der Waals surface area (Å²) in [5, 5.41) is 9.39. The summed E-state index contributed by atoms with van der Waals surface area (Å²) >= 11 is 0. The maximum Gasteiger partial charge on any atom is 0.190 e. The number of allylic oxidation sites excluding steroid dienone is 2. The molecule has 0 bridgehead atoms. The molecule has 0 aromatic carbocycles. The van der Waals surface area contributed by atoms with Crippen LogP contribution in [0.15, 0.2) is 24.4 Å². The van der Waals surface area contributed by atoms with Crippen LogP contribution in [-0.4, -0.2) is 5.96 Å². The number of guanidine groups is 1. The first-order valence-electron chi connectivity index (χ1n) is 3.13. The van der Waals surface area contributed by atoms with Crippen LogP contribution in [0.2, 0.25) is 0 Å². The lowest BCUT2D eigenvalue weighted by Gasteiger charge is -2.00. The number of hydrogen-bond donors (Lipinski definition) is 3. The molecule has 0 unspecified atom stereocenters. The van der Waals surface area contributed by atoms with Gasteiger partial charge in [0.25, 0.3) is 0 Å². The van der Waals surface area contributed by atoms with Crippen molar-refractivity contribution in [2.24, 2.45) is 5.73 Å². The molecule has 0 spiro atoms. The zero-order chi connectivity index (χ0) is 7.98. The molecule has 0 saturated carbocycles. The van der Waals surface area contributed by atoms with Gasteiger partial charge in [0, 0.05) is 5.70 Å². The average Bonchev–Trinajstić information content (AvgIpc) is 1.82. The van der Waals surface area contributed by atoms with E-state index in [1.54, 1.807) is 6.08 Å². The van der Waals surface area contributed by atoms with Gasteiger partial charge in [0.05, 0.1) is 0 Å². The Kier molecular flexibility index (Phi) is 4.04. The van der Waals surface area contributed by atoms with Crippen molar-refractivity contribution in [3.63, 3.8) is 0 Å². The molecular formula is C7H13N3. The minimum Gasteiger partial charge on any atom is -0.370 e. The molecule has 0 aliphatic heterocycles. The standard InChI is InChI=1S/C7H13N3/c1-3-4-5-6(2)10-7(8)9/h4-5H,2-3H2,1H3,(H4,8,9,10)/b5-4-. The van der Waals surface area contributed by atoms with Gasteiger partial charge in [-0.05, 0) is 12.5 Å². The highest BCUT2D eigenvalue weighted by Gasteiger charge is 1.85. The average molecular weight is 139 g/mol. The molecule has 0 aliphatic carbocycles. The van der Waals surface area contributed by atoms with E-state index in [1.807, 2.05) is 13.0 Å². The van der Waals surface area contributed by atoms with Crippen molar-refractivity contribution >= 4 is 5.96 Å². The summed E-state index contributed by atoms with van der Waals surface area (Å²) in [7, 11) is 0. The molecule has 0 fully saturated rings. The van der Waals surface area contributed by atoms with Gasteiger partial charge in [0.2, 0.25) is 0 Å². The second-order valence-electron chi connectivity index (χ2n) is 1.87. The van der Waals surface area contributed by atoms with Crippen LogP contribution < -0.4 is 11.1 Å². The van der Waals surface area contributed by atoms with Crippen LogP contribution >= 0.6 is 0 Å². The lowest BCUT2D eigenvalue weighted by atomic mass is 10.3. The molecule has 3 heteroatoms. The van der Waals surface area contributed by atoms with Crippen molar-refractivity contribution in [2.45, 2.75) is 13.3 Å². The molecule has 3 nitrogen and oxygen atoms in total. The quantitative estimate of drug-likeness (QED) is 0.309. The molecular weight excluding hydrogens is 126 g/mol. The van der Waals surface area contributed by atoms with Gasteiger partial charge < -0.3 is 11.1 Å². The molecule has 0 heterocycles.